The van der Waals surface area contributed by atoms with Crippen molar-refractivity contribution < 1.29 is 22.9 Å². The number of non-ortho nitro benzene ring substituents is 1. The van der Waals surface area contributed by atoms with Gasteiger partial charge in [-0.3, -0.25) is 19.7 Å². The molecule has 152 valence electrons. The van der Waals surface area contributed by atoms with Crippen molar-refractivity contribution in [1.82, 2.24) is 10.6 Å². The minimum atomic E-state index is -3.81. The molecule has 0 radical (unpaired) electrons. The Balaban J connectivity index is 2.18. The van der Waals surface area contributed by atoms with Gasteiger partial charge >= 0.3 is 0 Å². The maximum atomic E-state index is 12.5. The van der Waals surface area contributed by atoms with Crippen LogP contribution in [0.4, 0.5) is 5.69 Å². The third-order valence-electron chi connectivity index (χ3n) is 3.65. The Bertz CT molecular complexity index is 1080. The highest BCUT2D eigenvalue weighted by molar-refractivity contribution is 7.89. The number of nitro groups is 1. The van der Waals surface area contributed by atoms with Crippen molar-refractivity contribution >= 4 is 33.6 Å². The minimum absolute atomic E-state index is 0.0512. The molecule has 0 fully saturated rings. The fraction of sp³-hybridized carbons (Fsp3) is 0.111. The fourth-order valence-corrected chi connectivity index (χ4v) is 2.83. The van der Waals surface area contributed by atoms with Crippen LogP contribution in [0.2, 0.25) is 0 Å². The van der Waals surface area contributed by atoms with Crippen molar-refractivity contribution in [3.05, 3.63) is 75.5 Å². The van der Waals surface area contributed by atoms with E-state index >= 15 is 0 Å². The number of nitrogens with zero attached hydrogens (tertiary/aromatic N) is 1. The number of nitrogens with one attached hydrogen (secondary N) is 2. The summed E-state index contributed by atoms with van der Waals surface area (Å²) in [4.78, 5) is 34.1. The van der Waals surface area contributed by atoms with Crippen LogP contribution in [0.25, 0.3) is 6.08 Å². The summed E-state index contributed by atoms with van der Waals surface area (Å²) in [7, 11) is -3.81. The number of benzene rings is 2. The highest BCUT2D eigenvalue weighted by Gasteiger charge is 2.13. The molecule has 0 aliphatic carbocycles. The van der Waals surface area contributed by atoms with E-state index in [1.807, 2.05) is 0 Å². The number of amides is 2. The van der Waals surface area contributed by atoms with Crippen LogP contribution in [-0.4, -0.2) is 25.2 Å². The molecule has 10 nitrogen and oxygen atoms in total. The lowest BCUT2D eigenvalue weighted by molar-refractivity contribution is -0.384. The predicted molar refractivity (Wildman–Crippen MR) is 105 cm³/mol. The van der Waals surface area contributed by atoms with Crippen LogP contribution in [0, 0.1) is 10.1 Å². The molecule has 11 heteroatoms. The molecule has 0 aliphatic heterocycles. The molecule has 0 unspecified atom stereocenters. The molecule has 2 rings (SSSR count). The van der Waals surface area contributed by atoms with Crippen LogP contribution in [0.1, 0.15) is 18.1 Å². The second-order valence-electron chi connectivity index (χ2n) is 5.96. The van der Waals surface area contributed by atoms with E-state index in [1.54, 1.807) is 6.07 Å². The number of rotatable bonds is 7. The summed E-state index contributed by atoms with van der Waals surface area (Å²) < 4.78 is 22.5. The molecule has 0 atom stereocenters. The van der Waals surface area contributed by atoms with Gasteiger partial charge in [-0.25, -0.2) is 13.6 Å². The zero-order valence-corrected chi connectivity index (χ0v) is 16.1. The van der Waals surface area contributed by atoms with Crippen LogP contribution in [0.5, 0.6) is 0 Å². The molecule has 0 heterocycles. The molecule has 29 heavy (non-hydrogen) atoms. The summed E-state index contributed by atoms with van der Waals surface area (Å²) >= 11 is 0. The Morgan fingerprint density at radius 1 is 1.17 bits per heavy atom. The van der Waals surface area contributed by atoms with E-state index < -0.39 is 26.8 Å². The van der Waals surface area contributed by atoms with E-state index in [9.17, 15) is 28.1 Å². The number of carbonyl (C=O) groups excluding carboxylic acids is 2. The first kappa shape index (κ1) is 21.7. The van der Waals surface area contributed by atoms with Gasteiger partial charge in [0.25, 0.3) is 11.6 Å². The van der Waals surface area contributed by atoms with Gasteiger partial charge in [-0.2, -0.15) is 0 Å². The number of nitro benzene ring substituents is 1. The number of nitrogens with two attached hydrogens (primary N) is 1. The Morgan fingerprint density at radius 2 is 1.83 bits per heavy atom. The lowest BCUT2D eigenvalue weighted by atomic mass is 10.1. The summed E-state index contributed by atoms with van der Waals surface area (Å²) in [6.07, 6.45) is 1.31. The van der Waals surface area contributed by atoms with Gasteiger partial charge in [0, 0.05) is 25.6 Å². The number of primary sulfonamides is 1. The highest BCUT2D eigenvalue weighted by Crippen LogP contribution is 2.15. The first-order valence-electron chi connectivity index (χ1n) is 8.20. The van der Waals surface area contributed by atoms with Gasteiger partial charge in [0.2, 0.25) is 15.9 Å². The smallest absolute Gasteiger partial charge is 0.270 e. The van der Waals surface area contributed by atoms with Crippen molar-refractivity contribution in [3.8, 4) is 0 Å². The molecular weight excluding hydrogens is 400 g/mol. The molecule has 0 aliphatic rings. The van der Waals surface area contributed by atoms with Gasteiger partial charge in [0.05, 0.1) is 9.82 Å². The van der Waals surface area contributed by atoms with Gasteiger partial charge in [0.15, 0.2) is 0 Å². The van der Waals surface area contributed by atoms with E-state index in [0.29, 0.717) is 11.1 Å². The van der Waals surface area contributed by atoms with Crippen molar-refractivity contribution in [2.45, 2.75) is 18.4 Å². The van der Waals surface area contributed by atoms with Crippen LogP contribution < -0.4 is 15.8 Å². The topological polar surface area (TPSA) is 162 Å². The van der Waals surface area contributed by atoms with Crippen molar-refractivity contribution in [3.63, 3.8) is 0 Å². The molecular formula is C18H18N4O6S. The summed E-state index contributed by atoms with van der Waals surface area (Å²) in [6, 6.07) is 11.2. The number of hydrogen-bond acceptors (Lipinski definition) is 6. The quantitative estimate of drug-likeness (QED) is 0.346. The summed E-state index contributed by atoms with van der Waals surface area (Å²) in [6.45, 7) is 1.27. The first-order chi connectivity index (χ1) is 13.6. The van der Waals surface area contributed by atoms with E-state index in [2.05, 4.69) is 10.6 Å². The third kappa shape index (κ3) is 6.52. The monoisotopic (exact) mass is 418 g/mol. The molecule has 0 saturated heterocycles. The van der Waals surface area contributed by atoms with E-state index in [0.717, 1.165) is 0 Å². The standard InChI is InChI=1S/C18H18N4O6S/c1-12(23)21-17(10-14-3-2-4-15(9-14)22(25)26)18(24)20-11-13-5-7-16(8-6-13)29(19,27)28/h2-10H,11H2,1H3,(H,20,24)(H,21,23)(H2,19,27,28)/b17-10-. The molecule has 2 amide bonds. The van der Waals surface area contributed by atoms with Crippen LogP contribution in [0.3, 0.4) is 0 Å². The van der Waals surface area contributed by atoms with Gasteiger partial charge < -0.3 is 10.6 Å². The fourth-order valence-electron chi connectivity index (χ4n) is 2.32. The zero-order valence-electron chi connectivity index (χ0n) is 15.3. The zero-order chi connectivity index (χ0) is 21.6. The molecule has 0 spiro atoms. The SMILES string of the molecule is CC(=O)N/C(=C\c1cccc([N+](=O)[O-])c1)C(=O)NCc1ccc(S(N)(=O)=O)cc1. The average molecular weight is 418 g/mol. The minimum Gasteiger partial charge on any atom is -0.347 e. The maximum absolute atomic E-state index is 12.5. The van der Waals surface area contributed by atoms with E-state index in [-0.39, 0.29) is 22.8 Å². The second-order valence-corrected chi connectivity index (χ2v) is 7.52. The van der Waals surface area contributed by atoms with Crippen molar-refractivity contribution in [2.24, 2.45) is 5.14 Å². The Kier molecular flexibility index (Phi) is 6.80. The van der Waals surface area contributed by atoms with E-state index in [4.69, 9.17) is 5.14 Å². The van der Waals surface area contributed by atoms with Crippen molar-refractivity contribution in [2.75, 3.05) is 0 Å². The normalized spacial score (nSPS) is 11.6. The van der Waals surface area contributed by atoms with Gasteiger partial charge in [-0.05, 0) is 29.3 Å². The first-order valence-corrected chi connectivity index (χ1v) is 9.74. The van der Waals surface area contributed by atoms with Gasteiger partial charge in [0.1, 0.15) is 5.70 Å². The second kappa shape index (κ2) is 9.08. The highest BCUT2D eigenvalue weighted by atomic mass is 32.2. The Hall–Kier alpha value is -3.57. The molecule has 0 bridgehead atoms. The van der Waals surface area contributed by atoms with Crippen LogP contribution in [0.15, 0.2) is 59.1 Å². The molecule has 2 aromatic rings. The van der Waals surface area contributed by atoms with Gasteiger partial charge in [-0.1, -0.05) is 24.3 Å². The van der Waals surface area contributed by atoms with Crippen molar-refractivity contribution in [1.29, 1.82) is 0 Å². The lowest BCUT2D eigenvalue weighted by Crippen LogP contribution is -2.33. The molecule has 4 N–H and O–H groups in total. The largest absolute Gasteiger partial charge is 0.347 e. The van der Waals surface area contributed by atoms with Crippen LogP contribution in [-0.2, 0) is 26.2 Å². The van der Waals surface area contributed by atoms with Gasteiger partial charge in [-0.15, -0.1) is 0 Å². The van der Waals surface area contributed by atoms with E-state index in [1.165, 1.54) is 55.5 Å². The number of sulfonamides is 1. The lowest BCUT2D eigenvalue weighted by Gasteiger charge is -2.10. The maximum Gasteiger partial charge on any atom is 0.270 e. The third-order valence-corrected chi connectivity index (χ3v) is 4.58. The Morgan fingerprint density at radius 3 is 2.38 bits per heavy atom. The Labute approximate surface area is 166 Å². The summed E-state index contributed by atoms with van der Waals surface area (Å²) in [5, 5.41) is 20.9. The molecule has 0 aromatic heterocycles. The molecule has 0 saturated carbocycles. The van der Waals surface area contributed by atoms with Crippen LogP contribution >= 0.6 is 0 Å². The number of hydrogen-bond donors (Lipinski definition) is 3. The molecule has 2 aromatic carbocycles. The average Bonchev–Trinajstić information content (AvgIpc) is 2.65. The summed E-state index contributed by atoms with van der Waals surface area (Å²) in [5.74, 6) is -1.11. The summed E-state index contributed by atoms with van der Waals surface area (Å²) in [5.41, 5.74) is 0.703. The predicted octanol–water partition coefficient (Wildman–Crippen LogP) is 1.04. The number of carbonyl (C=O) groups is 2.